The SMILES string of the molecule is Cl.Fc1cccc(-n2cc(NCCN3CCN(C4CCCCC4)CC3)nn2)c1. The van der Waals surface area contributed by atoms with Crippen molar-refractivity contribution < 1.29 is 4.39 Å². The molecule has 2 fully saturated rings. The summed E-state index contributed by atoms with van der Waals surface area (Å²) in [6.07, 6.45) is 8.82. The Morgan fingerprint density at radius 2 is 1.86 bits per heavy atom. The lowest BCUT2D eigenvalue weighted by Gasteiger charge is -2.40. The highest BCUT2D eigenvalue weighted by molar-refractivity contribution is 5.85. The summed E-state index contributed by atoms with van der Waals surface area (Å²) in [6.45, 7) is 6.53. The minimum Gasteiger partial charge on any atom is -0.366 e. The molecule has 0 bridgehead atoms. The van der Waals surface area contributed by atoms with Gasteiger partial charge in [0.15, 0.2) is 5.82 Å². The quantitative estimate of drug-likeness (QED) is 0.795. The van der Waals surface area contributed by atoms with Gasteiger partial charge in [-0.05, 0) is 31.0 Å². The molecule has 1 N–H and O–H groups in total. The van der Waals surface area contributed by atoms with Crippen LogP contribution in [0.2, 0.25) is 0 Å². The van der Waals surface area contributed by atoms with Gasteiger partial charge in [0.2, 0.25) is 0 Å². The van der Waals surface area contributed by atoms with Crippen LogP contribution in [0.4, 0.5) is 10.2 Å². The average molecular weight is 409 g/mol. The predicted octanol–water partition coefficient (Wildman–Crippen LogP) is 3.19. The number of rotatable bonds is 6. The molecule has 4 rings (SSSR count). The van der Waals surface area contributed by atoms with Crippen molar-refractivity contribution in [2.45, 2.75) is 38.1 Å². The number of hydrogen-bond acceptors (Lipinski definition) is 5. The van der Waals surface area contributed by atoms with Gasteiger partial charge >= 0.3 is 0 Å². The van der Waals surface area contributed by atoms with Gasteiger partial charge in [-0.3, -0.25) is 9.80 Å². The van der Waals surface area contributed by atoms with E-state index in [0.29, 0.717) is 5.69 Å². The lowest BCUT2D eigenvalue weighted by Crippen LogP contribution is -2.51. The highest BCUT2D eigenvalue weighted by Gasteiger charge is 2.24. The number of anilines is 1. The third-order valence-corrected chi connectivity index (χ3v) is 5.80. The molecule has 0 amide bonds. The van der Waals surface area contributed by atoms with Crippen molar-refractivity contribution in [3.05, 3.63) is 36.3 Å². The normalized spacial score (nSPS) is 19.3. The molecule has 0 unspecified atom stereocenters. The van der Waals surface area contributed by atoms with E-state index in [1.54, 1.807) is 16.9 Å². The van der Waals surface area contributed by atoms with Crippen molar-refractivity contribution in [1.29, 1.82) is 0 Å². The lowest BCUT2D eigenvalue weighted by atomic mass is 9.94. The van der Waals surface area contributed by atoms with Gasteiger partial charge in [0.1, 0.15) is 5.82 Å². The molecule has 28 heavy (non-hydrogen) atoms. The molecule has 1 saturated carbocycles. The first-order chi connectivity index (χ1) is 13.3. The average Bonchev–Trinajstić information content (AvgIpc) is 3.18. The summed E-state index contributed by atoms with van der Waals surface area (Å²) in [5.41, 5.74) is 0.675. The smallest absolute Gasteiger partial charge is 0.169 e. The van der Waals surface area contributed by atoms with Crippen LogP contribution in [0.3, 0.4) is 0 Å². The molecule has 0 atom stereocenters. The summed E-state index contributed by atoms with van der Waals surface area (Å²) >= 11 is 0. The zero-order valence-corrected chi connectivity index (χ0v) is 17.1. The molecule has 1 aromatic heterocycles. The van der Waals surface area contributed by atoms with Crippen LogP contribution in [0, 0.1) is 5.82 Å². The maximum Gasteiger partial charge on any atom is 0.169 e. The van der Waals surface area contributed by atoms with Gasteiger partial charge in [-0.15, -0.1) is 17.5 Å². The second-order valence-corrected chi connectivity index (χ2v) is 7.62. The Morgan fingerprint density at radius 3 is 2.61 bits per heavy atom. The molecule has 2 heterocycles. The summed E-state index contributed by atoms with van der Waals surface area (Å²) in [4.78, 5) is 5.22. The second kappa shape index (κ2) is 10.2. The van der Waals surface area contributed by atoms with Gasteiger partial charge in [0, 0.05) is 45.3 Å². The van der Waals surface area contributed by atoms with Crippen molar-refractivity contribution in [2.75, 3.05) is 44.6 Å². The van der Waals surface area contributed by atoms with Crippen LogP contribution < -0.4 is 5.32 Å². The standard InChI is InChI=1S/C20H29FN6.ClH/c21-17-5-4-8-19(15-17)27-16-20(23-24-27)22-9-10-25-11-13-26(14-12-25)18-6-2-1-3-7-18;/h4-5,8,15-16,18,22H,1-3,6-7,9-14H2;1H. The van der Waals surface area contributed by atoms with Gasteiger partial charge in [-0.25, -0.2) is 9.07 Å². The van der Waals surface area contributed by atoms with Gasteiger partial charge in [0.25, 0.3) is 0 Å². The molecule has 6 nitrogen and oxygen atoms in total. The molecule has 1 aliphatic carbocycles. The Labute approximate surface area is 172 Å². The topological polar surface area (TPSA) is 49.2 Å². The van der Waals surface area contributed by atoms with Crippen LogP contribution in [-0.4, -0.2) is 70.1 Å². The fourth-order valence-corrected chi connectivity index (χ4v) is 4.23. The Hall–Kier alpha value is -1.70. The monoisotopic (exact) mass is 408 g/mol. The number of aromatic nitrogens is 3. The summed E-state index contributed by atoms with van der Waals surface area (Å²) in [5, 5.41) is 11.5. The van der Waals surface area contributed by atoms with E-state index in [1.807, 2.05) is 6.07 Å². The summed E-state index contributed by atoms with van der Waals surface area (Å²) in [6, 6.07) is 7.19. The largest absolute Gasteiger partial charge is 0.366 e. The van der Waals surface area contributed by atoms with Gasteiger partial charge in [-0.2, -0.15) is 0 Å². The predicted molar refractivity (Wildman–Crippen MR) is 112 cm³/mol. The molecule has 8 heteroatoms. The molecular formula is C20H30ClFN6. The molecular weight excluding hydrogens is 379 g/mol. The second-order valence-electron chi connectivity index (χ2n) is 7.62. The minimum absolute atomic E-state index is 0. The first-order valence-corrected chi connectivity index (χ1v) is 10.2. The zero-order chi connectivity index (χ0) is 18.5. The van der Waals surface area contributed by atoms with Crippen LogP contribution in [0.1, 0.15) is 32.1 Å². The van der Waals surface area contributed by atoms with Crippen molar-refractivity contribution >= 4 is 18.2 Å². The van der Waals surface area contributed by atoms with E-state index in [9.17, 15) is 4.39 Å². The van der Waals surface area contributed by atoms with Crippen molar-refractivity contribution in [3.63, 3.8) is 0 Å². The van der Waals surface area contributed by atoms with Crippen LogP contribution in [0.5, 0.6) is 0 Å². The first kappa shape index (κ1) is 21.0. The fraction of sp³-hybridized carbons (Fsp3) is 0.600. The van der Waals surface area contributed by atoms with E-state index < -0.39 is 0 Å². The summed E-state index contributed by atoms with van der Waals surface area (Å²) in [7, 11) is 0. The van der Waals surface area contributed by atoms with Crippen LogP contribution >= 0.6 is 12.4 Å². The number of benzene rings is 1. The molecule has 1 saturated heterocycles. The molecule has 0 radical (unpaired) electrons. The van der Waals surface area contributed by atoms with Gasteiger partial charge in [0.05, 0.1) is 11.9 Å². The Balaban J connectivity index is 0.00000225. The molecule has 154 valence electrons. The zero-order valence-electron chi connectivity index (χ0n) is 16.3. The number of hydrogen-bond donors (Lipinski definition) is 1. The Kier molecular flexibility index (Phi) is 7.65. The van der Waals surface area contributed by atoms with E-state index in [4.69, 9.17) is 0 Å². The van der Waals surface area contributed by atoms with E-state index in [-0.39, 0.29) is 18.2 Å². The molecule has 2 aliphatic rings. The molecule has 0 spiro atoms. The number of nitrogens with zero attached hydrogens (tertiary/aromatic N) is 5. The van der Waals surface area contributed by atoms with E-state index >= 15 is 0 Å². The van der Waals surface area contributed by atoms with Gasteiger partial charge < -0.3 is 5.32 Å². The van der Waals surface area contributed by atoms with Crippen LogP contribution in [0.15, 0.2) is 30.5 Å². The van der Waals surface area contributed by atoms with Crippen LogP contribution in [-0.2, 0) is 0 Å². The van der Waals surface area contributed by atoms with E-state index in [1.165, 1.54) is 57.3 Å². The molecule has 2 aromatic rings. The number of nitrogens with one attached hydrogen (secondary N) is 1. The fourth-order valence-electron chi connectivity index (χ4n) is 4.23. The van der Waals surface area contributed by atoms with E-state index in [2.05, 4.69) is 25.4 Å². The van der Waals surface area contributed by atoms with Gasteiger partial charge in [-0.1, -0.05) is 30.5 Å². The number of halogens is 2. The maximum absolute atomic E-state index is 13.3. The molecule has 1 aromatic carbocycles. The highest BCUT2D eigenvalue weighted by Crippen LogP contribution is 2.23. The van der Waals surface area contributed by atoms with Crippen molar-refractivity contribution in [3.8, 4) is 5.69 Å². The molecule has 1 aliphatic heterocycles. The highest BCUT2D eigenvalue weighted by atomic mass is 35.5. The Bertz CT molecular complexity index is 725. The van der Waals surface area contributed by atoms with E-state index in [0.717, 1.165) is 38.0 Å². The number of piperazine rings is 1. The first-order valence-electron chi connectivity index (χ1n) is 10.2. The minimum atomic E-state index is -0.273. The summed E-state index contributed by atoms with van der Waals surface area (Å²) in [5.74, 6) is 0.449. The van der Waals surface area contributed by atoms with Crippen molar-refractivity contribution in [1.82, 2.24) is 24.8 Å². The summed E-state index contributed by atoms with van der Waals surface area (Å²) < 4.78 is 14.9. The third-order valence-electron chi connectivity index (χ3n) is 5.80. The lowest BCUT2D eigenvalue weighted by molar-refractivity contribution is 0.0810. The third kappa shape index (κ3) is 5.43. The van der Waals surface area contributed by atoms with Crippen molar-refractivity contribution in [2.24, 2.45) is 0 Å². The Morgan fingerprint density at radius 1 is 1.07 bits per heavy atom. The van der Waals surface area contributed by atoms with Crippen LogP contribution in [0.25, 0.3) is 5.69 Å². The maximum atomic E-state index is 13.3.